The summed E-state index contributed by atoms with van der Waals surface area (Å²) in [7, 11) is -2.08. The first-order chi connectivity index (χ1) is 13.0. The number of amides is 1. The van der Waals surface area contributed by atoms with E-state index in [1.54, 1.807) is 43.5 Å². The second kappa shape index (κ2) is 11.6. The average molecular weight is 430 g/mol. The molecule has 2 rings (SSSR count). The van der Waals surface area contributed by atoms with Crippen molar-refractivity contribution in [1.82, 2.24) is 4.72 Å². The van der Waals surface area contributed by atoms with Crippen LogP contribution < -0.4 is 20.5 Å². The van der Waals surface area contributed by atoms with Gasteiger partial charge in [0, 0.05) is 31.5 Å². The van der Waals surface area contributed by atoms with E-state index < -0.39 is 10.0 Å². The van der Waals surface area contributed by atoms with Gasteiger partial charge in [0.1, 0.15) is 12.4 Å². The number of carbonyl (C=O) groups is 1. The molecule has 4 N–H and O–H groups in total. The van der Waals surface area contributed by atoms with Crippen LogP contribution in [0.4, 0.5) is 5.69 Å². The van der Waals surface area contributed by atoms with Gasteiger partial charge in [-0.15, -0.1) is 12.4 Å². The number of carbonyl (C=O) groups excluding carboxylic acids is 1. The number of nitrogens with two attached hydrogens (primary N) is 1. The zero-order valence-corrected chi connectivity index (χ0v) is 17.0. The number of methoxy groups -OCH3 is 1. The molecular weight excluding hydrogens is 406 g/mol. The highest BCUT2D eigenvalue weighted by Gasteiger charge is 2.14. The average Bonchev–Trinajstić information content (AvgIpc) is 2.67. The quantitative estimate of drug-likeness (QED) is 0.494. The van der Waals surface area contributed by atoms with Crippen molar-refractivity contribution in [2.24, 2.45) is 5.73 Å². The minimum atomic E-state index is -3.67. The molecule has 0 aliphatic rings. The lowest BCUT2D eigenvalue weighted by Crippen LogP contribution is -2.29. The highest BCUT2D eigenvalue weighted by atomic mass is 35.5. The SMILES string of the molecule is COCCOc1ccc(C(=O)Nc2cccc(S(=O)(=O)NCCN)c2)cc1.Cl. The van der Waals surface area contributed by atoms with Crippen molar-refractivity contribution in [3.05, 3.63) is 54.1 Å². The van der Waals surface area contributed by atoms with Crippen LogP contribution in [-0.2, 0) is 14.8 Å². The number of rotatable bonds is 10. The monoisotopic (exact) mass is 429 g/mol. The molecule has 0 aliphatic heterocycles. The molecule has 0 spiro atoms. The van der Waals surface area contributed by atoms with Gasteiger partial charge in [0.2, 0.25) is 10.0 Å². The highest BCUT2D eigenvalue weighted by Crippen LogP contribution is 2.17. The summed E-state index contributed by atoms with van der Waals surface area (Å²) in [5.41, 5.74) is 6.11. The fourth-order valence-electron chi connectivity index (χ4n) is 2.17. The lowest BCUT2D eigenvalue weighted by atomic mass is 10.2. The normalized spacial score (nSPS) is 10.8. The third kappa shape index (κ3) is 7.10. The van der Waals surface area contributed by atoms with E-state index >= 15 is 0 Å². The van der Waals surface area contributed by atoms with Crippen molar-refractivity contribution in [3.63, 3.8) is 0 Å². The van der Waals surface area contributed by atoms with Gasteiger partial charge in [-0.3, -0.25) is 4.79 Å². The van der Waals surface area contributed by atoms with Crippen LogP contribution in [0.2, 0.25) is 0 Å². The van der Waals surface area contributed by atoms with E-state index in [9.17, 15) is 13.2 Å². The molecule has 2 aromatic carbocycles. The molecule has 0 fully saturated rings. The van der Waals surface area contributed by atoms with Gasteiger partial charge in [0.05, 0.1) is 11.5 Å². The van der Waals surface area contributed by atoms with Crippen molar-refractivity contribution < 1.29 is 22.7 Å². The van der Waals surface area contributed by atoms with E-state index in [0.717, 1.165) is 0 Å². The summed E-state index contributed by atoms with van der Waals surface area (Å²) in [6.07, 6.45) is 0. The molecule has 0 atom stereocenters. The topological polar surface area (TPSA) is 120 Å². The number of benzene rings is 2. The molecule has 0 aromatic heterocycles. The van der Waals surface area contributed by atoms with E-state index in [-0.39, 0.29) is 36.3 Å². The number of hydrogen-bond donors (Lipinski definition) is 3. The van der Waals surface area contributed by atoms with Crippen LogP contribution >= 0.6 is 12.4 Å². The second-order valence-corrected chi connectivity index (χ2v) is 7.30. The van der Waals surface area contributed by atoms with Crippen molar-refractivity contribution >= 4 is 34.0 Å². The third-order valence-electron chi connectivity index (χ3n) is 3.51. The van der Waals surface area contributed by atoms with Crippen LogP contribution in [0.3, 0.4) is 0 Å². The summed E-state index contributed by atoms with van der Waals surface area (Å²) >= 11 is 0. The Bertz CT molecular complexity index is 860. The van der Waals surface area contributed by atoms with Crippen LogP contribution in [0.5, 0.6) is 5.75 Å². The zero-order valence-electron chi connectivity index (χ0n) is 15.4. The fraction of sp³-hybridized carbons (Fsp3) is 0.278. The Labute approximate surface area is 170 Å². The third-order valence-corrected chi connectivity index (χ3v) is 4.97. The maximum atomic E-state index is 12.4. The lowest BCUT2D eigenvalue weighted by molar-refractivity contribution is 0.102. The molecule has 0 radical (unpaired) electrons. The number of ether oxygens (including phenoxy) is 2. The predicted molar refractivity (Wildman–Crippen MR) is 110 cm³/mol. The Morgan fingerprint density at radius 1 is 1.11 bits per heavy atom. The Morgan fingerprint density at radius 2 is 1.82 bits per heavy atom. The van der Waals surface area contributed by atoms with Crippen LogP contribution in [0, 0.1) is 0 Å². The van der Waals surface area contributed by atoms with E-state index in [1.165, 1.54) is 12.1 Å². The van der Waals surface area contributed by atoms with E-state index in [2.05, 4.69) is 10.0 Å². The lowest BCUT2D eigenvalue weighted by Gasteiger charge is -2.10. The minimum Gasteiger partial charge on any atom is -0.491 e. The molecule has 28 heavy (non-hydrogen) atoms. The Balaban J connectivity index is 0.00000392. The summed E-state index contributed by atoms with van der Waals surface area (Å²) < 4.78 is 37.0. The fourth-order valence-corrected chi connectivity index (χ4v) is 3.26. The van der Waals surface area contributed by atoms with Crippen LogP contribution in [0.25, 0.3) is 0 Å². The van der Waals surface area contributed by atoms with E-state index in [4.69, 9.17) is 15.2 Å². The molecule has 8 nitrogen and oxygen atoms in total. The predicted octanol–water partition coefficient (Wildman–Crippen LogP) is 1.62. The molecule has 2 aromatic rings. The molecule has 0 saturated heterocycles. The van der Waals surface area contributed by atoms with Crippen LogP contribution in [0.15, 0.2) is 53.4 Å². The number of hydrogen-bond acceptors (Lipinski definition) is 6. The number of sulfonamides is 1. The number of nitrogens with one attached hydrogen (secondary N) is 2. The van der Waals surface area contributed by atoms with Gasteiger partial charge in [-0.2, -0.15) is 0 Å². The Hall–Kier alpha value is -2.17. The molecule has 0 unspecified atom stereocenters. The Kier molecular flexibility index (Phi) is 9.91. The van der Waals surface area contributed by atoms with E-state index in [0.29, 0.717) is 30.2 Å². The minimum absolute atomic E-state index is 0. The molecule has 1 amide bonds. The van der Waals surface area contributed by atoms with Crippen molar-refractivity contribution in [2.45, 2.75) is 4.90 Å². The number of halogens is 1. The van der Waals surface area contributed by atoms with Crippen molar-refractivity contribution in [3.8, 4) is 5.75 Å². The summed E-state index contributed by atoms with van der Waals surface area (Å²) in [5.74, 6) is 0.269. The molecule has 0 heterocycles. The molecule has 0 bridgehead atoms. The molecule has 10 heteroatoms. The first-order valence-electron chi connectivity index (χ1n) is 8.29. The van der Waals surface area contributed by atoms with Gasteiger partial charge in [0.15, 0.2) is 0 Å². The summed E-state index contributed by atoms with van der Waals surface area (Å²) in [4.78, 5) is 12.4. The first-order valence-corrected chi connectivity index (χ1v) is 9.77. The second-order valence-electron chi connectivity index (χ2n) is 5.53. The Morgan fingerprint density at radius 3 is 2.46 bits per heavy atom. The van der Waals surface area contributed by atoms with Gasteiger partial charge >= 0.3 is 0 Å². The van der Waals surface area contributed by atoms with Crippen molar-refractivity contribution in [1.29, 1.82) is 0 Å². The van der Waals surface area contributed by atoms with Crippen LogP contribution in [-0.4, -0.2) is 47.7 Å². The molecular formula is C18H24ClN3O5S. The standard InChI is InChI=1S/C18H23N3O5S.ClH/c1-25-11-12-26-16-7-5-14(6-8-16)18(22)21-15-3-2-4-17(13-15)27(23,24)20-10-9-19;/h2-8,13,20H,9-12,19H2,1H3,(H,21,22);1H. The maximum absolute atomic E-state index is 12.4. The van der Waals surface area contributed by atoms with Crippen molar-refractivity contribution in [2.75, 3.05) is 38.7 Å². The maximum Gasteiger partial charge on any atom is 0.255 e. The van der Waals surface area contributed by atoms with Gasteiger partial charge < -0.3 is 20.5 Å². The van der Waals surface area contributed by atoms with Crippen LogP contribution in [0.1, 0.15) is 10.4 Å². The zero-order chi connectivity index (χ0) is 19.7. The van der Waals surface area contributed by atoms with E-state index in [1.807, 2.05) is 0 Å². The smallest absolute Gasteiger partial charge is 0.255 e. The van der Waals surface area contributed by atoms with Gasteiger partial charge in [0.25, 0.3) is 5.91 Å². The summed E-state index contributed by atoms with van der Waals surface area (Å²) in [6, 6.07) is 12.6. The summed E-state index contributed by atoms with van der Waals surface area (Å²) in [6.45, 7) is 1.22. The molecule has 154 valence electrons. The molecule has 0 saturated carbocycles. The molecule has 0 aliphatic carbocycles. The van der Waals surface area contributed by atoms with Gasteiger partial charge in [-0.25, -0.2) is 13.1 Å². The summed E-state index contributed by atoms with van der Waals surface area (Å²) in [5, 5.41) is 2.68. The highest BCUT2D eigenvalue weighted by molar-refractivity contribution is 7.89. The first kappa shape index (κ1) is 23.9. The van der Waals surface area contributed by atoms with Gasteiger partial charge in [-0.1, -0.05) is 6.07 Å². The number of anilines is 1. The largest absolute Gasteiger partial charge is 0.491 e. The van der Waals surface area contributed by atoms with Gasteiger partial charge in [-0.05, 0) is 42.5 Å².